The molecule has 0 aromatic heterocycles. The summed E-state index contributed by atoms with van der Waals surface area (Å²) in [5, 5.41) is 22.5. The van der Waals surface area contributed by atoms with Crippen LogP contribution >= 0.6 is 0 Å². The monoisotopic (exact) mass is 442 g/mol. The van der Waals surface area contributed by atoms with Gasteiger partial charge in [0.05, 0.1) is 61.3 Å². The molecule has 0 aliphatic rings. The van der Waals surface area contributed by atoms with Gasteiger partial charge in [0.15, 0.2) is 0 Å². The van der Waals surface area contributed by atoms with Crippen molar-refractivity contribution in [2.75, 3.05) is 28.2 Å². The lowest BCUT2D eigenvalue weighted by molar-refractivity contribution is -0.826. The number of hydrogen-bond donors (Lipinski definition) is 0. The highest BCUT2D eigenvalue weighted by Gasteiger charge is 2.31. The largest absolute Gasteiger partial charge is 0.338 e. The topological polar surface area (TPSA) is 120 Å². The molecule has 2 rings (SSSR count). The summed E-state index contributed by atoms with van der Waals surface area (Å²) in [5.74, 6) is -0.829. The maximum Gasteiger partial charge on any atom is 0.338 e. The van der Waals surface area contributed by atoms with Gasteiger partial charge in [-0.2, -0.15) is 0 Å². The van der Waals surface area contributed by atoms with Gasteiger partial charge < -0.3 is 0 Å². The smallest absolute Gasteiger partial charge is 0.258 e. The van der Waals surface area contributed by atoms with Gasteiger partial charge in [0.1, 0.15) is 13.1 Å². The van der Waals surface area contributed by atoms with Crippen LogP contribution in [0.4, 0.5) is 11.4 Å². The summed E-state index contributed by atoms with van der Waals surface area (Å²) in [4.78, 5) is 47.0. The Morgan fingerprint density at radius 3 is 1.34 bits per heavy atom. The maximum atomic E-state index is 12.8. The highest BCUT2D eigenvalue weighted by molar-refractivity contribution is 5.91. The molecule has 10 nitrogen and oxygen atoms in total. The third kappa shape index (κ3) is 5.90. The fraction of sp³-hybridized carbons (Fsp3) is 0.273. The molecule has 0 radical (unpaired) electrons. The Kier molecular flexibility index (Phi) is 7.34. The van der Waals surface area contributed by atoms with Crippen LogP contribution in [0.5, 0.6) is 0 Å². The van der Waals surface area contributed by atoms with Crippen molar-refractivity contribution in [2.45, 2.75) is 13.1 Å². The molecule has 0 aliphatic carbocycles. The van der Waals surface area contributed by atoms with Crippen molar-refractivity contribution in [3.63, 3.8) is 0 Å². The first-order chi connectivity index (χ1) is 14.8. The number of para-hydroxylation sites is 2. The molecule has 32 heavy (non-hydrogen) atoms. The van der Waals surface area contributed by atoms with Crippen LogP contribution in [0.15, 0.2) is 60.7 Å². The van der Waals surface area contributed by atoms with E-state index in [1.165, 1.54) is 12.1 Å². The molecule has 0 spiro atoms. The number of nitro groups is 2. The van der Waals surface area contributed by atoms with Crippen LogP contribution in [-0.4, -0.2) is 58.8 Å². The molecule has 168 valence electrons. The fourth-order valence-electron chi connectivity index (χ4n) is 3.20. The third-order valence-corrected chi connectivity index (χ3v) is 5.07. The minimum atomic E-state index is -0.498. The van der Waals surface area contributed by atoms with E-state index in [9.17, 15) is 29.8 Å². The molecule has 0 heterocycles. The minimum absolute atomic E-state index is 0.0724. The molecular formula is C22H26N4O6+2. The summed E-state index contributed by atoms with van der Waals surface area (Å²) in [6.45, 7) is 0.145. The van der Waals surface area contributed by atoms with Crippen LogP contribution in [0.1, 0.15) is 11.1 Å². The highest BCUT2D eigenvalue weighted by atomic mass is 16.6. The second-order valence-corrected chi connectivity index (χ2v) is 8.47. The normalized spacial score (nSPS) is 12.0. The predicted molar refractivity (Wildman–Crippen MR) is 117 cm³/mol. The Balaban J connectivity index is 2.16. The number of nitro benzene ring substituents is 2. The molecule has 0 atom stereocenters. The third-order valence-electron chi connectivity index (χ3n) is 5.07. The Morgan fingerprint density at radius 2 is 1.03 bits per heavy atom. The standard InChI is InChI=1S/C22H26N4O6/c1-25(2,15-17-9-5-7-11-19(17)23(29)30)21(27)13-14-22(28)26(3,4)16-18-10-6-8-12-20(18)24(31)32/h5-14H,15-16H2,1-4H3/q+2/b14-13+. The molecule has 0 N–H and O–H groups in total. The van der Waals surface area contributed by atoms with Crippen molar-refractivity contribution in [3.05, 3.63) is 92.0 Å². The number of likely N-dealkylation sites (N-methyl/N-ethyl adjacent to an activating group) is 2. The van der Waals surface area contributed by atoms with E-state index in [2.05, 4.69) is 0 Å². The van der Waals surface area contributed by atoms with Crippen LogP contribution in [0.3, 0.4) is 0 Å². The number of nitrogens with zero attached hydrogens (tertiary/aromatic N) is 4. The van der Waals surface area contributed by atoms with Gasteiger partial charge in [0.25, 0.3) is 11.4 Å². The number of amides is 2. The summed E-state index contributed by atoms with van der Waals surface area (Å²) < 4.78 is -0.460. The highest BCUT2D eigenvalue weighted by Crippen LogP contribution is 2.23. The second-order valence-electron chi connectivity index (χ2n) is 8.47. The SMILES string of the molecule is C[N+](C)(Cc1ccccc1[N+](=O)[O-])C(=O)/C=C/C(=O)[N+](C)(C)Cc1ccccc1[N+](=O)[O-]. The zero-order valence-corrected chi connectivity index (χ0v) is 18.4. The van der Waals surface area contributed by atoms with Gasteiger partial charge in [0, 0.05) is 12.1 Å². The lowest BCUT2D eigenvalue weighted by atomic mass is 10.1. The molecule has 0 saturated heterocycles. The second kappa shape index (κ2) is 9.58. The van der Waals surface area contributed by atoms with Gasteiger partial charge in [0.2, 0.25) is 0 Å². The van der Waals surface area contributed by atoms with Crippen molar-refractivity contribution in [1.29, 1.82) is 0 Å². The predicted octanol–water partition coefficient (Wildman–Crippen LogP) is 2.97. The summed E-state index contributed by atoms with van der Waals surface area (Å²) in [6, 6.07) is 12.4. The number of rotatable bonds is 8. The Labute approximate surface area is 185 Å². The van der Waals surface area contributed by atoms with Gasteiger partial charge in [-0.3, -0.25) is 29.2 Å². The molecule has 2 aromatic carbocycles. The van der Waals surface area contributed by atoms with E-state index in [1.54, 1.807) is 64.6 Å². The van der Waals surface area contributed by atoms with Gasteiger partial charge in [-0.1, -0.05) is 24.3 Å². The first kappa shape index (κ1) is 24.5. The molecule has 0 unspecified atom stereocenters. The van der Waals surface area contributed by atoms with E-state index in [0.29, 0.717) is 11.1 Å². The average Bonchev–Trinajstić information content (AvgIpc) is 2.71. The number of hydrogen-bond acceptors (Lipinski definition) is 6. The Hall–Kier alpha value is -3.76. The lowest BCUT2D eigenvalue weighted by Gasteiger charge is -2.26. The number of benzene rings is 2. The van der Waals surface area contributed by atoms with E-state index in [-0.39, 0.29) is 33.4 Å². The fourth-order valence-corrected chi connectivity index (χ4v) is 3.20. The molecule has 2 aromatic rings. The van der Waals surface area contributed by atoms with Crippen molar-refractivity contribution in [3.8, 4) is 0 Å². The summed E-state index contributed by atoms with van der Waals surface area (Å²) in [7, 11) is 6.39. The molecule has 10 heteroatoms. The average molecular weight is 442 g/mol. The Bertz CT molecular complexity index is 1010. The molecular weight excluding hydrogens is 416 g/mol. The van der Waals surface area contributed by atoms with Crippen LogP contribution in [-0.2, 0) is 22.7 Å². The van der Waals surface area contributed by atoms with Crippen LogP contribution < -0.4 is 0 Å². The molecule has 0 aliphatic heterocycles. The van der Waals surface area contributed by atoms with Gasteiger partial charge >= 0.3 is 11.8 Å². The summed E-state index contributed by atoms with van der Waals surface area (Å²) in [5.41, 5.74) is 0.661. The number of carbonyl (C=O) groups excluding carboxylic acids is 2. The summed E-state index contributed by atoms with van der Waals surface area (Å²) in [6.07, 6.45) is 2.30. The van der Waals surface area contributed by atoms with Crippen molar-refractivity contribution < 1.29 is 28.4 Å². The number of quaternary nitrogens is 2. The maximum absolute atomic E-state index is 12.8. The van der Waals surface area contributed by atoms with Gasteiger partial charge in [-0.15, -0.1) is 0 Å². The van der Waals surface area contributed by atoms with E-state index in [4.69, 9.17) is 0 Å². The zero-order valence-electron chi connectivity index (χ0n) is 18.4. The first-order valence-electron chi connectivity index (χ1n) is 9.73. The van der Waals surface area contributed by atoms with Gasteiger partial charge in [-0.25, -0.2) is 9.59 Å². The van der Waals surface area contributed by atoms with Crippen LogP contribution in [0.25, 0.3) is 0 Å². The van der Waals surface area contributed by atoms with Crippen LogP contribution in [0.2, 0.25) is 0 Å². The van der Waals surface area contributed by atoms with E-state index in [0.717, 1.165) is 12.2 Å². The van der Waals surface area contributed by atoms with E-state index in [1.807, 2.05) is 0 Å². The van der Waals surface area contributed by atoms with Crippen molar-refractivity contribution in [1.82, 2.24) is 0 Å². The van der Waals surface area contributed by atoms with Crippen molar-refractivity contribution in [2.24, 2.45) is 0 Å². The number of carbonyl (C=O) groups is 2. The minimum Gasteiger partial charge on any atom is -0.258 e. The Morgan fingerprint density at radius 1 is 0.719 bits per heavy atom. The van der Waals surface area contributed by atoms with Crippen LogP contribution in [0, 0.1) is 20.2 Å². The van der Waals surface area contributed by atoms with E-state index < -0.39 is 21.7 Å². The molecule has 0 fully saturated rings. The van der Waals surface area contributed by atoms with Crippen molar-refractivity contribution >= 4 is 23.2 Å². The molecule has 2 amide bonds. The quantitative estimate of drug-likeness (QED) is 0.268. The zero-order chi connectivity index (χ0) is 24.1. The molecule has 0 saturated carbocycles. The lowest BCUT2D eigenvalue weighted by Crippen LogP contribution is -2.45. The first-order valence-corrected chi connectivity index (χ1v) is 9.73. The van der Waals surface area contributed by atoms with E-state index >= 15 is 0 Å². The summed E-state index contributed by atoms with van der Waals surface area (Å²) >= 11 is 0. The van der Waals surface area contributed by atoms with Gasteiger partial charge in [-0.05, 0) is 12.1 Å². The molecule has 0 bridgehead atoms.